The Kier molecular flexibility index (Phi) is 5.78. The van der Waals surface area contributed by atoms with Crippen LogP contribution in [0.15, 0.2) is 30.5 Å². The fraction of sp³-hybridized carbons (Fsp3) is 0.312. The van der Waals surface area contributed by atoms with Crippen LogP contribution < -0.4 is 5.32 Å². The average Bonchev–Trinajstić information content (AvgIpc) is 2.56. The van der Waals surface area contributed by atoms with Gasteiger partial charge in [-0.1, -0.05) is 6.42 Å². The summed E-state index contributed by atoms with van der Waals surface area (Å²) in [6.45, 7) is 0.407. The Morgan fingerprint density at radius 3 is 2.71 bits per heavy atom. The minimum Gasteiger partial charge on any atom is -0.481 e. The highest BCUT2D eigenvalue weighted by atomic mass is 16.6. The summed E-state index contributed by atoms with van der Waals surface area (Å²) in [5.74, 6) is -1.19. The average molecular weight is 331 g/mol. The molecule has 1 amide bonds. The molecular formula is C16H17N3O5. The third kappa shape index (κ3) is 4.25. The molecule has 1 aromatic carbocycles. The molecule has 0 saturated carbocycles. The number of unbranched alkanes of at least 4 members (excludes halogenated alkanes) is 2. The lowest BCUT2D eigenvalue weighted by atomic mass is 10.1. The predicted octanol–water partition coefficient (Wildman–Crippen LogP) is 2.52. The molecule has 0 spiro atoms. The molecule has 0 unspecified atom stereocenters. The van der Waals surface area contributed by atoms with Crippen molar-refractivity contribution in [2.45, 2.75) is 25.7 Å². The van der Waals surface area contributed by atoms with Crippen LogP contribution in [-0.2, 0) is 4.79 Å². The summed E-state index contributed by atoms with van der Waals surface area (Å²) < 4.78 is 0. The number of hydrogen-bond acceptors (Lipinski definition) is 5. The minimum absolute atomic E-state index is 0.0941. The number of aromatic nitrogens is 1. The lowest BCUT2D eigenvalue weighted by Crippen LogP contribution is -2.24. The second-order valence-electron chi connectivity index (χ2n) is 5.25. The highest BCUT2D eigenvalue weighted by molar-refractivity contribution is 6.07. The van der Waals surface area contributed by atoms with Gasteiger partial charge in [0.25, 0.3) is 11.6 Å². The molecule has 0 bridgehead atoms. The zero-order chi connectivity index (χ0) is 17.5. The van der Waals surface area contributed by atoms with Crippen molar-refractivity contribution in [3.63, 3.8) is 0 Å². The van der Waals surface area contributed by atoms with Crippen LogP contribution in [0.4, 0.5) is 5.69 Å². The fourth-order valence-electron chi connectivity index (χ4n) is 2.38. The minimum atomic E-state index is -0.831. The quantitative estimate of drug-likeness (QED) is 0.435. The number of carbonyl (C=O) groups excluding carboxylic acids is 1. The van der Waals surface area contributed by atoms with E-state index in [1.54, 1.807) is 12.1 Å². The maximum Gasteiger partial charge on any atom is 0.303 e. The van der Waals surface area contributed by atoms with Crippen LogP contribution in [0, 0.1) is 10.1 Å². The maximum atomic E-state index is 12.3. The third-order valence-corrected chi connectivity index (χ3v) is 3.54. The zero-order valence-corrected chi connectivity index (χ0v) is 12.9. The second kappa shape index (κ2) is 8.00. The van der Waals surface area contributed by atoms with Crippen molar-refractivity contribution in [1.82, 2.24) is 10.3 Å². The van der Waals surface area contributed by atoms with Gasteiger partial charge in [-0.3, -0.25) is 24.7 Å². The summed E-state index contributed by atoms with van der Waals surface area (Å²) in [5.41, 5.74) is 0.472. The van der Waals surface area contributed by atoms with E-state index in [1.165, 1.54) is 18.3 Å². The van der Waals surface area contributed by atoms with E-state index in [4.69, 9.17) is 5.11 Å². The van der Waals surface area contributed by atoms with Crippen LogP contribution >= 0.6 is 0 Å². The van der Waals surface area contributed by atoms with Gasteiger partial charge in [0.2, 0.25) is 0 Å². The first-order valence-corrected chi connectivity index (χ1v) is 7.53. The van der Waals surface area contributed by atoms with Crippen LogP contribution in [-0.4, -0.2) is 33.4 Å². The van der Waals surface area contributed by atoms with Crippen molar-refractivity contribution in [3.05, 3.63) is 46.1 Å². The number of carboxylic acids is 1. The Bertz CT molecular complexity index is 775. The number of amides is 1. The van der Waals surface area contributed by atoms with Crippen molar-refractivity contribution < 1.29 is 19.6 Å². The maximum absolute atomic E-state index is 12.3. The van der Waals surface area contributed by atoms with Crippen molar-refractivity contribution >= 4 is 28.5 Å². The van der Waals surface area contributed by atoms with Crippen molar-refractivity contribution in [1.29, 1.82) is 0 Å². The number of nitrogens with zero attached hydrogens (tertiary/aromatic N) is 2. The molecule has 8 heteroatoms. The first kappa shape index (κ1) is 17.3. The third-order valence-electron chi connectivity index (χ3n) is 3.54. The molecule has 0 saturated heterocycles. The summed E-state index contributed by atoms with van der Waals surface area (Å²) in [4.78, 5) is 37.3. The molecule has 0 radical (unpaired) electrons. The Balaban J connectivity index is 2.04. The monoisotopic (exact) mass is 331 g/mol. The SMILES string of the molecule is O=C(O)CCCCCNC(=O)c1ccc([N+](=O)[O-])c2cccnc12. The Morgan fingerprint density at radius 2 is 2.00 bits per heavy atom. The van der Waals surface area contributed by atoms with E-state index >= 15 is 0 Å². The molecule has 0 fully saturated rings. The van der Waals surface area contributed by atoms with Crippen LogP contribution in [0.25, 0.3) is 10.9 Å². The summed E-state index contributed by atoms with van der Waals surface area (Å²) in [6.07, 6.45) is 3.52. The van der Waals surface area contributed by atoms with E-state index in [1.807, 2.05) is 0 Å². The molecule has 2 rings (SSSR count). The molecule has 8 nitrogen and oxygen atoms in total. The highest BCUT2D eigenvalue weighted by Crippen LogP contribution is 2.26. The predicted molar refractivity (Wildman–Crippen MR) is 86.8 cm³/mol. The number of aliphatic carboxylic acids is 1. The van der Waals surface area contributed by atoms with Gasteiger partial charge in [-0.25, -0.2) is 0 Å². The number of nitro groups is 1. The van der Waals surface area contributed by atoms with E-state index in [-0.39, 0.29) is 29.1 Å². The molecule has 0 aliphatic heterocycles. The van der Waals surface area contributed by atoms with Gasteiger partial charge in [-0.05, 0) is 31.0 Å². The van der Waals surface area contributed by atoms with Crippen molar-refractivity contribution in [2.75, 3.05) is 6.54 Å². The van der Waals surface area contributed by atoms with Gasteiger partial charge in [0.15, 0.2) is 0 Å². The summed E-state index contributed by atoms with van der Waals surface area (Å²) in [6, 6.07) is 5.83. The normalized spacial score (nSPS) is 10.5. The van der Waals surface area contributed by atoms with Gasteiger partial charge in [-0.15, -0.1) is 0 Å². The van der Waals surface area contributed by atoms with E-state index in [0.717, 1.165) is 0 Å². The largest absolute Gasteiger partial charge is 0.481 e. The summed E-state index contributed by atoms with van der Waals surface area (Å²) >= 11 is 0. The van der Waals surface area contributed by atoms with Gasteiger partial charge in [0.1, 0.15) is 0 Å². The molecule has 126 valence electrons. The Hall–Kier alpha value is -3.03. The van der Waals surface area contributed by atoms with E-state index < -0.39 is 10.9 Å². The first-order valence-electron chi connectivity index (χ1n) is 7.53. The molecule has 0 atom stereocenters. The lowest BCUT2D eigenvalue weighted by molar-refractivity contribution is -0.383. The topological polar surface area (TPSA) is 122 Å². The molecule has 1 heterocycles. The van der Waals surface area contributed by atoms with Gasteiger partial charge in [0.05, 0.1) is 21.4 Å². The van der Waals surface area contributed by atoms with Crippen LogP contribution in [0.3, 0.4) is 0 Å². The Morgan fingerprint density at radius 1 is 1.21 bits per heavy atom. The van der Waals surface area contributed by atoms with Gasteiger partial charge in [-0.2, -0.15) is 0 Å². The number of hydrogen-bond donors (Lipinski definition) is 2. The number of fused-ring (bicyclic) bond motifs is 1. The number of carboxylic acid groups (broad SMARTS) is 1. The van der Waals surface area contributed by atoms with Crippen LogP contribution in [0.5, 0.6) is 0 Å². The number of pyridine rings is 1. The summed E-state index contributed by atoms with van der Waals surface area (Å²) in [5, 5.41) is 22.6. The highest BCUT2D eigenvalue weighted by Gasteiger charge is 2.18. The number of carbonyl (C=O) groups is 2. The number of benzene rings is 1. The number of non-ortho nitro benzene ring substituents is 1. The van der Waals surface area contributed by atoms with Gasteiger partial charge >= 0.3 is 5.97 Å². The van der Waals surface area contributed by atoms with Crippen molar-refractivity contribution in [3.8, 4) is 0 Å². The smallest absolute Gasteiger partial charge is 0.303 e. The lowest BCUT2D eigenvalue weighted by Gasteiger charge is -2.07. The number of nitrogens with one attached hydrogen (secondary N) is 1. The van der Waals surface area contributed by atoms with E-state index in [2.05, 4.69) is 10.3 Å². The molecule has 1 aromatic heterocycles. The number of nitro benzene ring substituents is 1. The molecular weight excluding hydrogens is 314 g/mol. The van der Waals surface area contributed by atoms with E-state index in [0.29, 0.717) is 31.2 Å². The molecule has 2 aromatic rings. The fourth-order valence-corrected chi connectivity index (χ4v) is 2.38. The molecule has 0 aliphatic rings. The van der Waals surface area contributed by atoms with Crippen molar-refractivity contribution in [2.24, 2.45) is 0 Å². The molecule has 0 aliphatic carbocycles. The molecule has 24 heavy (non-hydrogen) atoms. The van der Waals surface area contributed by atoms with Gasteiger partial charge in [0, 0.05) is 25.2 Å². The van der Waals surface area contributed by atoms with E-state index in [9.17, 15) is 19.7 Å². The zero-order valence-electron chi connectivity index (χ0n) is 12.9. The second-order valence-corrected chi connectivity index (χ2v) is 5.25. The first-order chi connectivity index (χ1) is 11.5. The van der Waals surface area contributed by atoms with Gasteiger partial charge < -0.3 is 10.4 Å². The number of rotatable bonds is 8. The summed E-state index contributed by atoms with van der Waals surface area (Å²) in [7, 11) is 0. The standard InChI is InChI=1S/C16H17N3O5/c20-14(21)6-2-1-3-9-18-16(22)12-7-8-13(19(23)24)11-5-4-10-17-15(11)12/h4-5,7-8,10H,1-3,6,9H2,(H,18,22)(H,20,21). The molecule has 2 N–H and O–H groups in total. The Labute approximate surface area is 137 Å². The van der Waals surface area contributed by atoms with Crippen LogP contribution in [0.2, 0.25) is 0 Å². The van der Waals surface area contributed by atoms with Crippen LogP contribution in [0.1, 0.15) is 36.0 Å².